The molecule has 17 heavy (non-hydrogen) atoms. The fourth-order valence-corrected chi connectivity index (χ4v) is 2.99. The maximum Gasteiger partial charge on any atom is 0.115 e. The van der Waals surface area contributed by atoms with Crippen LogP contribution in [0, 0.1) is 5.92 Å². The lowest BCUT2D eigenvalue weighted by Gasteiger charge is -2.28. The molecule has 3 rings (SSSR count). The second-order valence-corrected chi connectivity index (χ2v) is 5.63. The Labute approximate surface area is 107 Å². The van der Waals surface area contributed by atoms with Gasteiger partial charge in [0.15, 0.2) is 0 Å². The van der Waals surface area contributed by atoms with Gasteiger partial charge in [0.05, 0.1) is 6.61 Å². The van der Waals surface area contributed by atoms with Crippen molar-refractivity contribution in [2.24, 2.45) is 5.92 Å². The van der Waals surface area contributed by atoms with Crippen LogP contribution in [-0.4, -0.2) is 12.2 Å². The van der Waals surface area contributed by atoms with E-state index < -0.39 is 0 Å². The number of rotatable bonds is 1. The molecule has 1 nitrogen and oxygen atoms in total. The Morgan fingerprint density at radius 1 is 1.35 bits per heavy atom. The molecule has 90 valence electrons. The second-order valence-electron chi connectivity index (χ2n) is 5.19. The zero-order valence-electron chi connectivity index (χ0n) is 10.1. The molecule has 1 aromatic carbocycles. The van der Waals surface area contributed by atoms with Gasteiger partial charge in [-0.3, -0.25) is 0 Å². The summed E-state index contributed by atoms with van der Waals surface area (Å²) in [6.07, 6.45) is 6.04. The van der Waals surface area contributed by atoms with E-state index in [1.54, 1.807) is 0 Å². The Bertz CT molecular complexity index is 442. The first-order valence-electron chi connectivity index (χ1n) is 6.31. The molecule has 1 aromatic rings. The number of ether oxygens (including phenoxy) is 1. The standard InChI is InChI=1S/C15H17ClO/c1-11-3-2-4-13(15(11)10-17-15)9-12-5-7-14(16)8-6-12/h5-9,11H,2-4,10H2,1H3/b13-9+. The van der Waals surface area contributed by atoms with Crippen LogP contribution in [0.1, 0.15) is 31.7 Å². The van der Waals surface area contributed by atoms with Crippen LogP contribution in [-0.2, 0) is 4.74 Å². The van der Waals surface area contributed by atoms with Gasteiger partial charge >= 0.3 is 0 Å². The zero-order valence-corrected chi connectivity index (χ0v) is 10.8. The van der Waals surface area contributed by atoms with Crippen molar-refractivity contribution in [1.29, 1.82) is 0 Å². The van der Waals surface area contributed by atoms with Crippen molar-refractivity contribution in [2.75, 3.05) is 6.61 Å². The molecular weight excluding hydrogens is 232 g/mol. The third kappa shape index (κ3) is 2.02. The molecule has 0 amide bonds. The van der Waals surface area contributed by atoms with Crippen LogP contribution in [0.4, 0.5) is 0 Å². The van der Waals surface area contributed by atoms with E-state index in [1.807, 2.05) is 12.1 Å². The van der Waals surface area contributed by atoms with Crippen LogP contribution in [0.3, 0.4) is 0 Å². The van der Waals surface area contributed by atoms with Gasteiger partial charge in [0.2, 0.25) is 0 Å². The summed E-state index contributed by atoms with van der Waals surface area (Å²) in [7, 11) is 0. The van der Waals surface area contributed by atoms with Gasteiger partial charge in [-0.25, -0.2) is 0 Å². The number of halogens is 1. The lowest BCUT2D eigenvalue weighted by atomic mass is 9.76. The van der Waals surface area contributed by atoms with Crippen LogP contribution in [0.25, 0.3) is 6.08 Å². The average Bonchev–Trinajstić information content (AvgIpc) is 3.10. The van der Waals surface area contributed by atoms with Gasteiger partial charge in [-0.2, -0.15) is 0 Å². The molecule has 1 saturated heterocycles. The predicted molar refractivity (Wildman–Crippen MR) is 71.1 cm³/mol. The summed E-state index contributed by atoms with van der Waals surface area (Å²) in [5.41, 5.74) is 2.78. The Kier molecular flexibility index (Phi) is 2.76. The summed E-state index contributed by atoms with van der Waals surface area (Å²) >= 11 is 5.90. The Morgan fingerprint density at radius 2 is 2.06 bits per heavy atom. The summed E-state index contributed by atoms with van der Waals surface area (Å²) in [6.45, 7) is 3.22. The molecule has 0 aromatic heterocycles. The largest absolute Gasteiger partial charge is 0.365 e. The Balaban J connectivity index is 1.90. The van der Waals surface area contributed by atoms with Gasteiger partial charge in [0.25, 0.3) is 0 Å². The Morgan fingerprint density at radius 3 is 2.71 bits per heavy atom. The van der Waals surface area contributed by atoms with Crippen molar-refractivity contribution in [3.05, 3.63) is 40.4 Å². The number of hydrogen-bond acceptors (Lipinski definition) is 1. The first-order chi connectivity index (χ1) is 8.21. The van der Waals surface area contributed by atoms with E-state index >= 15 is 0 Å². The number of benzene rings is 1. The highest BCUT2D eigenvalue weighted by Crippen LogP contribution is 2.49. The molecule has 2 atom stereocenters. The van der Waals surface area contributed by atoms with Crippen molar-refractivity contribution >= 4 is 17.7 Å². The molecule has 0 bridgehead atoms. The first kappa shape index (κ1) is 11.3. The predicted octanol–water partition coefficient (Wildman–Crippen LogP) is 4.31. The minimum atomic E-state index is 0.0812. The highest BCUT2D eigenvalue weighted by atomic mass is 35.5. The fraction of sp³-hybridized carbons (Fsp3) is 0.467. The molecule has 1 aliphatic carbocycles. The van der Waals surface area contributed by atoms with Crippen LogP contribution in [0.15, 0.2) is 29.8 Å². The van der Waals surface area contributed by atoms with E-state index in [2.05, 4.69) is 25.1 Å². The maximum absolute atomic E-state index is 5.90. The van der Waals surface area contributed by atoms with Crippen molar-refractivity contribution in [3.63, 3.8) is 0 Å². The summed E-state index contributed by atoms with van der Waals surface area (Å²) in [5.74, 6) is 0.662. The average molecular weight is 249 g/mol. The minimum Gasteiger partial charge on any atom is -0.365 e. The van der Waals surface area contributed by atoms with E-state index in [1.165, 1.54) is 30.4 Å². The summed E-state index contributed by atoms with van der Waals surface area (Å²) in [6, 6.07) is 8.04. The number of hydrogen-bond donors (Lipinski definition) is 0. The lowest BCUT2D eigenvalue weighted by Crippen LogP contribution is -2.28. The molecule has 0 radical (unpaired) electrons. The van der Waals surface area contributed by atoms with Gasteiger partial charge in [0.1, 0.15) is 5.60 Å². The highest BCUT2D eigenvalue weighted by molar-refractivity contribution is 6.30. The SMILES string of the molecule is CC1CCC/C(=C\c2ccc(Cl)cc2)C12CO2. The third-order valence-electron chi connectivity index (χ3n) is 4.09. The quantitative estimate of drug-likeness (QED) is 0.675. The summed E-state index contributed by atoms with van der Waals surface area (Å²) < 4.78 is 5.76. The fourth-order valence-electron chi connectivity index (χ4n) is 2.86. The van der Waals surface area contributed by atoms with Gasteiger partial charge in [-0.1, -0.05) is 36.7 Å². The van der Waals surface area contributed by atoms with Gasteiger partial charge in [-0.15, -0.1) is 0 Å². The molecule has 0 N–H and O–H groups in total. The zero-order chi connectivity index (χ0) is 11.9. The van der Waals surface area contributed by atoms with E-state index in [0.717, 1.165) is 11.6 Å². The smallest absolute Gasteiger partial charge is 0.115 e. The molecular formula is C15H17ClO. The molecule has 2 aliphatic rings. The Hall–Kier alpha value is -0.790. The first-order valence-corrected chi connectivity index (χ1v) is 6.69. The van der Waals surface area contributed by atoms with E-state index in [0.29, 0.717) is 5.92 Å². The summed E-state index contributed by atoms with van der Waals surface area (Å²) in [4.78, 5) is 0. The number of epoxide rings is 1. The van der Waals surface area contributed by atoms with Gasteiger partial charge in [-0.05, 0) is 48.4 Å². The molecule has 2 fully saturated rings. The lowest BCUT2D eigenvalue weighted by molar-refractivity contribution is 0.226. The van der Waals surface area contributed by atoms with Crippen molar-refractivity contribution in [1.82, 2.24) is 0 Å². The van der Waals surface area contributed by atoms with Crippen LogP contribution < -0.4 is 0 Å². The van der Waals surface area contributed by atoms with E-state index in [-0.39, 0.29) is 5.60 Å². The highest BCUT2D eigenvalue weighted by Gasteiger charge is 2.53. The van der Waals surface area contributed by atoms with E-state index in [4.69, 9.17) is 16.3 Å². The van der Waals surface area contributed by atoms with Gasteiger partial charge in [0, 0.05) is 5.02 Å². The normalized spacial score (nSPS) is 34.2. The molecule has 2 unspecified atom stereocenters. The molecule has 1 aliphatic heterocycles. The van der Waals surface area contributed by atoms with Crippen molar-refractivity contribution in [2.45, 2.75) is 31.8 Å². The van der Waals surface area contributed by atoms with Crippen molar-refractivity contribution < 1.29 is 4.74 Å². The van der Waals surface area contributed by atoms with Crippen molar-refractivity contribution in [3.8, 4) is 0 Å². The van der Waals surface area contributed by atoms with Crippen LogP contribution >= 0.6 is 11.6 Å². The van der Waals surface area contributed by atoms with E-state index in [9.17, 15) is 0 Å². The monoisotopic (exact) mass is 248 g/mol. The van der Waals surface area contributed by atoms with Crippen LogP contribution in [0.2, 0.25) is 5.02 Å². The summed E-state index contributed by atoms with van der Waals surface area (Å²) in [5, 5.41) is 0.793. The topological polar surface area (TPSA) is 12.5 Å². The van der Waals surface area contributed by atoms with Crippen LogP contribution in [0.5, 0.6) is 0 Å². The molecule has 2 heteroatoms. The second kappa shape index (κ2) is 4.15. The van der Waals surface area contributed by atoms with Gasteiger partial charge < -0.3 is 4.74 Å². The molecule has 1 spiro atoms. The maximum atomic E-state index is 5.90. The minimum absolute atomic E-state index is 0.0812. The molecule has 1 saturated carbocycles. The third-order valence-corrected chi connectivity index (χ3v) is 4.34. The molecule has 1 heterocycles.